The molecule has 1 saturated heterocycles. The lowest BCUT2D eigenvalue weighted by Gasteiger charge is -2.17. The van der Waals surface area contributed by atoms with Crippen LogP contribution in [-0.4, -0.2) is 37.8 Å². The summed E-state index contributed by atoms with van der Waals surface area (Å²) in [6, 6.07) is 9.65. The molecule has 0 unspecified atom stereocenters. The number of carbonyl (C=O) groups is 2. The van der Waals surface area contributed by atoms with Crippen molar-refractivity contribution in [2.75, 3.05) is 19.1 Å². The van der Waals surface area contributed by atoms with Gasteiger partial charge in [0.05, 0.1) is 24.9 Å². The summed E-state index contributed by atoms with van der Waals surface area (Å²) in [5, 5.41) is 4.58. The average molecular weight is 421 g/mol. The second kappa shape index (κ2) is 7.00. The third-order valence-corrected chi connectivity index (χ3v) is 5.18. The molecule has 0 aromatic heterocycles. The molecular formula is C19H14Cl2N2O5. The number of hydrogen-bond donors (Lipinski definition) is 0. The summed E-state index contributed by atoms with van der Waals surface area (Å²) in [4.78, 5) is 32.2. The van der Waals surface area contributed by atoms with E-state index < -0.39 is 23.8 Å². The van der Waals surface area contributed by atoms with Crippen molar-refractivity contribution in [2.45, 2.75) is 6.10 Å². The predicted octanol–water partition coefficient (Wildman–Crippen LogP) is 3.30. The molecule has 4 rings (SSSR count). The Balaban J connectivity index is 1.71. The van der Waals surface area contributed by atoms with Crippen molar-refractivity contribution in [1.29, 1.82) is 0 Å². The Labute approximate surface area is 170 Å². The SMILES string of the molecule is COc1ccc(C2=NO[C@H]3C(=O)N(c4ccc(Cl)cc4Cl)C(=O)[C@@H]23)cc1OC. The van der Waals surface area contributed by atoms with E-state index in [9.17, 15) is 9.59 Å². The number of nitrogens with zero attached hydrogens (tertiary/aromatic N) is 2. The van der Waals surface area contributed by atoms with Crippen molar-refractivity contribution in [2.24, 2.45) is 11.1 Å². The summed E-state index contributed by atoms with van der Waals surface area (Å²) in [5.74, 6) is -0.868. The Hall–Kier alpha value is -2.77. The van der Waals surface area contributed by atoms with Crippen LogP contribution in [0.3, 0.4) is 0 Å². The third-order valence-electron chi connectivity index (χ3n) is 4.64. The van der Waals surface area contributed by atoms with Gasteiger partial charge in [0.2, 0.25) is 12.0 Å². The molecule has 0 bridgehead atoms. The number of rotatable bonds is 4. The van der Waals surface area contributed by atoms with Gasteiger partial charge in [-0.25, -0.2) is 4.90 Å². The number of halogens is 2. The number of imide groups is 1. The lowest BCUT2D eigenvalue weighted by molar-refractivity contribution is -0.126. The van der Waals surface area contributed by atoms with Crippen LogP contribution in [0.15, 0.2) is 41.6 Å². The predicted molar refractivity (Wildman–Crippen MR) is 103 cm³/mol. The fourth-order valence-electron chi connectivity index (χ4n) is 3.31. The maximum atomic E-state index is 13.1. The molecule has 2 heterocycles. The fourth-order valence-corrected chi connectivity index (χ4v) is 3.80. The first-order valence-electron chi connectivity index (χ1n) is 8.25. The molecule has 9 heteroatoms. The minimum atomic E-state index is -1.04. The molecule has 2 aromatic carbocycles. The second-order valence-electron chi connectivity index (χ2n) is 6.16. The van der Waals surface area contributed by atoms with Gasteiger partial charge in [-0.15, -0.1) is 0 Å². The van der Waals surface area contributed by atoms with E-state index in [1.54, 1.807) is 24.3 Å². The van der Waals surface area contributed by atoms with Gasteiger partial charge in [-0.2, -0.15) is 0 Å². The van der Waals surface area contributed by atoms with E-state index in [1.807, 2.05) is 0 Å². The zero-order valence-electron chi connectivity index (χ0n) is 14.8. The summed E-state index contributed by atoms with van der Waals surface area (Å²) in [5.41, 5.74) is 1.19. The number of anilines is 1. The monoisotopic (exact) mass is 420 g/mol. The highest BCUT2D eigenvalue weighted by Crippen LogP contribution is 2.39. The molecule has 2 aliphatic heterocycles. The number of carbonyl (C=O) groups excluding carboxylic acids is 2. The van der Waals surface area contributed by atoms with Crippen molar-refractivity contribution in [3.8, 4) is 11.5 Å². The van der Waals surface area contributed by atoms with Crippen molar-refractivity contribution in [1.82, 2.24) is 0 Å². The standard InChI is InChI=1S/C19H14Cl2N2O5/c1-26-13-6-3-9(7-14(13)27-2)16-15-17(28-22-16)19(25)23(18(15)24)12-5-4-10(20)8-11(12)21/h3-8,15,17H,1-2H3/t15-,17+/m0/s1. The molecule has 0 radical (unpaired) electrons. The van der Waals surface area contributed by atoms with E-state index in [-0.39, 0.29) is 10.7 Å². The Morgan fingerprint density at radius 3 is 2.43 bits per heavy atom. The molecule has 0 N–H and O–H groups in total. The molecule has 2 amide bonds. The van der Waals surface area contributed by atoms with Crippen molar-refractivity contribution in [3.05, 3.63) is 52.0 Å². The van der Waals surface area contributed by atoms with E-state index in [0.29, 0.717) is 27.8 Å². The normalized spacial score (nSPS) is 20.7. The Morgan fingerprint density at radius 2 is 1.75 bits per heavy atom. The molecule has 0 aliphatic carbocycles. The molecule has 28 heavy (non-hydrogen) atoms. The van der Waals surface area contributed by atoms with E-state index in [2.05, 4.69) is 5.16 Å². The minimum Gasteiger partial charge on any atom is -0.493 e. The second-order valence-corrected chi connectivity index (χ2v) is 7.00. The lowest BCUT2D eigenvalue weighted by atomic mass is 9.94. The third kappa shape index (κ3) is 2.78. The molecule has 2 atom stereocenters. The maximum absolute atomic E-state index is 13.1. The van der Waals surface area contributed by atoms with Crippen molar-refractivity contribution < 1.29 is 23.9 Å². The highest BCUT2D eigenvalue weighted by Gasteiger charge is 2.56. The fraction of sp³-hybridized carbons (Fsp3) is 0.211. The molecule has 1 fully saturated rings. The number of ether oxygens (including phenoxy) is 2. The Morgan fingerprint density at radius 1 is 1.00 bits per heavy atom. The summed E-state index contributed by atoms with van der Waals surface area (Å²) >= 11 is 12.1. The van der Waals surface area contributed by atoms with Crippen LogP contribution in [0.4, 0.5) is 5.69 Å². The molecule has 144 valence electrons. The topological polar surface area (TPSA) is 77.4 Å². The first-order valence-corrected chi connectivity index (χ1v) is 9.01. The van der Waals surface area contributed by atoms with Gasteiger partial charge in [0.15, 0.2) is 11.5 Å². The van der Waals surface area contributed by atoms with Crippen LogP contribution >= 0.6 is 23.2 Å². The number of amides is 2. The lowest BCUT2D eigenvalue weighted by Crippen LogP contribution is -2.33. The van der Waals surface area contributed by atoms with Gasteiger partial charge in [0.1, 0.15) is 11.6 Å². The van der Waals surface area contributed by atoms with E-state index in [1.165, 1.54) is 26.4 Å². The van der Waals surface area contributed by atoms with Gasteiger partial charge in [-0.05, 0) is 36.4 Å². The Bertz CT molecular complexity index is 1020. The van der Waals surface area contributed by atoms with Crippen LogP contribution in [0.1, 0.15) is 5.56 Å². The highest BCUT2D eigenvalue weighted by molar-refractivity contribution is 6.40. The smallest absolute Gasteiger partial charge is 0.279 e. The van der Waals surface area contributed by atoms with Gasteiger partial charge in [0, 0.05) is 10.6 Å². The van der Waals surface area contributed by atoms with Gasteiger partial charge in [-0.1, -0.05) is 28.4 Å². The largest absolute Gasteiger partial charge is 0.493 e. The van der Waals surface area contributed by atoms with Gasteiger partial charge in [0.25, 0.3) is 5.91 Å². The summed E-state index contributed by atoms with van der Waals surface area (Å²) in [6.07, 6.45) is -1.04. The van der Waals surface area contributed by atoms with Gasteiger partial charge < -0.3 is 14.3 Å². The number of methoxy groups -OCH3 is 2. The molecule has 0 saturated carbocycles. The van der Waals surface area contributed by atoms with Crippen LogP contribution in [-0.2, 0) is 14.4 Å². The van der Waals surface area contributed by atoms with Crippen molar-refractivity contribution >= 4 is 46.4 Å². The summed E-state index contributed by atoms with van der Waals surface area (Å²) < 4.78 is 10.5. The number of oxime groups is 1. The van der Waals surface area contributed by atoms with Crippen LogP contribution in [0.5, 0.6) is 11.5 Å². The van der Waals surface area contributed by atoms with Crippen LogP contribution in [0.2, 0.25) is 10.0 Å². The summed E-state index contributed by atoms with van der Waals surface area (Å²) in [6.45, 7) is 0. The number of hydrogen-bond acceptors (Lipinski definition) is 6. The molecule has 2 aliphatic rings. The highest BCUT2D eigenvalue weighted by atomic mass is 35.5. The van der Waals surface area contributed by atoms with Crippen LogP contribution in [0.25, 0.3) is 0 Å². The molecule has 7 nitrogen and oxygen atoms in total. The van der Waals surface area contributed by atoms with Crippen molar-refractivity contribution in [3.63, 3.8) is 0 Å². The van der Waals surface area contributed by atoms with Crippen LogP contribution in [0, 0.1) is 5.92 Å². The zero-order valence-corrected chi connectivity index (χ0v) is 16.3. The molecule has 2 aromatic rings. The zero-order chi connectivity index (χ0) is 20.0. The number of fused-ring (bicyclic) bond motifs is 1. The summed E-state index contributed by atoms with van der Waals surface area (Å²) in [7, 11) is 3.03. The Kier molecular flexibility index (Phi) is 4.64. The van der Waals surface area contributed by atoms with E-state index in [4.69, 9.17) is 37.5 Å². The number of benzene rings is 2. The van der Waals surface area contributed by atoms with E-state index >= 15 is 0 Å². The quantitative estimate of drug-likeness (QED) is 0.709. The van der Waals surface area contributed by atoms with Crippen LogP contribution < -0.4 is 14.4 Å². The first-order chi connectivity index (χ1) is 13.5. The molecular weight excluding hydrogens is 407 g/mol. The maximum Gasteiger partial charge on any atom is 0.279 e. The molecule has 0 spiro atoms. The van der Waals surface area contributed by atoms with Gasteiger partial charge >= 0.3 is 0 Å². The van der Waals surface area contributed by atoms with Gasteiger partial charge in [-0.3, -0.25) is 9.59 Å². The minimum absolute atomic E-state index is 0.193. The van der Waals surface area contributed by atoms with E-state index in [0.717, 1.165) is 4.90 Å². The first kappa shape index (κ1) is 18.6. The average Bonchev–Trinajstić information content (AvgIpc) is 3.22.